The molecule has 0 aliphatic carbocycles. The van der Waals surface area contributed by atoms with Crippen molar-refractivity contribution in [2.24, 2.45) is 0 Å². The first kappa shape index (κ1) is 27.2. The zero-order chi connectivity index (χ0) is 29.5. The summed E-state index contributed by atoms with van der Waals surface area (Å²) in [5, 5.41) is 3.42. The first-order valence-electron chi connectivity index (χ1n) is 12.9. The second-order valence-corrected chi connectivity index (χ2v) is 11.7. The number of nitrogens with one attached hydrogen (secondary N) is 2. The summed E-state index contributed by atoms with van der Waals surface area (Å²) < 4.78 is 64.4. The molecule has 0 bridgehead atoms. The first-order valence-corrected chi connectivity index (χ1v) is 14.5. The fourth-order valence-electron chi connectivity index (χ4n) is 4.98. The first-order chi connectivity index (χ1) is 20.1. The van der Waals surface area contributed by atoms with Crippen LogP contribution < -0.4 is 5.32 Å². The van der Waals surface area contributed by atoms with Gasteiger partial charge in [-0.2, -0.15) is 13.2 Å². The molecule has 42 heavy (non-hydrogen) atoms. The summed E-state index contributed by atoms with van der Waals surface area (Å²) in [5.74, 6) is -2.23. The molecular weight excluding hydrogens is 563 g/mol. The van der Waals surface area contributed by atoms with Crippen LogP contribution in [-0.2, 0) is 20.4 Å². The molecule has 2 aromatic heterocycles. The molecule has 1 amide bonds. The average Bonchev–Trinajstić information content (AvgIpc) is 3.35. The molecule has 2 heterocycles. The molecule has 2 N–H and O–H groups in total. The summed E-state index contributed by atoms with van der Waals surface area (Å²) in [6, 6.07) is 29.3. The maximum atomic E-state index is 13.1. The summed E-state index contributed by atoms with van der Waals surface area (Å²) in [7, 11) is -3.58. The zero-order valence-electron chi connectivity index (χ0n) is 21.8. The molecule has 0 fully saturated rings. The number of carbonyl (C=O) groups is 1. The van der Waals surface area contributed by atoms with E-state index >= 15 is 0 Å². The summed E-state index contributed by atoms with van der Waals surface area (Å²) in [6.45, 7) is 0. The Labute approximate surface area is 238 Å². The normalized spacial score (nSPS) is 12.1. The fraction of sp³-hybridized carbons (Fsp3) is 0.0625. The van der Waals surface area contributed by atoms with E-state index in [1.54, 1.807) is 54.7 Å². The SMILES string of the molecule is O=C(Nc1ccc(-c2cnc3[nH]c4ccc(CS(=O)(=O)c5ccccc5)cc4c3c2-c2ccccc2)cc1)C(F)(F)F. The van der Waals surface area contributed by atoms with Crippen molar-refractivity contribution in [2.45, 2.75) is 16.8 Å². The van der Waals surface area contributed by atoms with Gasteiger partial charge in [-0.05, 0) is 53.1 Å². The van der Waals surface area contributed by atoms with Crippen LogP contribution in [0.15, 0.2) is 114 Å². The van der Waals surface area contributed by atoms with Crippen LogP contribution in [0, 0.1) is 0 Å². The van der Waals surface area contributed by atoms with E-state index in [-0.39, 0.29) is 16.3 Å². The Balaban J connectivity index is 1.49. The Kier molecular flexibility index (Phi) is 6.78. The Bertz CT molecular complexity index is 2040. The van der Waals surface area contributed by atoms with Crippen molar-refractivity contribution in [3.05, 3.63) is 115 Å². The Morgan fingerprint density at radius 2 is 1.50 bits per heavy atom. The van der Waals surface area contributed by atoms with Crippen LogP contribution in [0.25, 0.3) is 44.2 Å². The number of hydrogen-bond acceptors (Lipinski definition) is 4. The molecule has 4 aromatic carbocycles. The summed E-state index contributed by atoms with van der Waals surface area (Å²) in [5.41, 5.74) is 5.08. The number of amides is 1. The highest BCUT2D eigenvalue weighted by molar-refractivity contribution is 7.90. The topological polar surface area (TPSA) is 91.9 Å². The number of aromatic nitrogens is 2. The van der Waals surface area contributed by atoms with Crippen molar-refractivity contribution in [3.8, 4) is 22.3 Å². The number of nitrogens with zero attached hydrogens (tertiary/aromatic N) is 1. The van der Waals surface area contributed by atoms with Crippen LogP contribution in [0.4, 0.5) is 18.9 Å². The molecule has 0 saturated carbocycles. The number of sulfone groups is 1. The van der Waals surface area contributed by atoms with Gasteiger partial charge in [-0.3, -0.25) is 4.79 Å². The van der Waals surface area contributed by atoms with E-state index in [9.17, 15) is 26.4 Å². The van der Waals surface area contributed by atoms with Gasteiger partial charge in [0.25, 0.3) is 0 Å². The van der Waals surface area contributed by atoms with Gasteiger partial charge in [0, 0.05) is 39.3 Å². The number of rotatable bonds is 6. The number of anilines is 1. The lowest BCUT2D eigenvalue weighted by Gasteiger charge is -2.13. The monoisotopic (exact) mass is 585 g/mol. The molecule has 0 aliphatic heterocycles. The number of halogens is 3. The summed E-state index contributed by atoms with van der Waals surface area (Å²) in [6.07, 6.45) is -3.31. The number of pyridine rings is 1. The molecule has 0 aliphatic rings. The zero-order valence-corrected chi connectivity index (χ0v) is 22.6. The molecule has 210 valence electrons. The third-order valence-electron chi connectivity index (χ3n) is 6.92. The van der Waals surface area contributed by atoms with Crippen LogP contribution in [-0.4, -0.2) is 30.5 Å². The van der Waals surface area contributed by atoms with Crippen LogP contribution in [0.2, 0.25) is 0 Å². The van der Waals surface area contributed by atoms with Crippen LogP contribution in [0.1, 0.15) is 5.56 Å². The molecule has 0 radical (unpaired) electrons. The molecule has 6 rings (SSSR count). The summed E-state index contributed by atoms with van der Waals surface area (Å²) >= 11 is 0. The second kappa shape index (κ2) is 10.5. The molecule has 0 saturated heterocycles. The van der Waals surface area contributed by atoms with Gasteiger partial charge in [-0.25, -0.2) is 13.4 Å². The lowest BCUT2D eigenvalue weighted by atomic mass is 9.92. The standard InChI is InChI=1S/C32H22F3N3O3S/c33-32(34,35)31(39)37-23-14-12-21(13-15-23)26-18-36-30-29(28(26)22-7-3-1-4-8-22)25-17-20(11-16-27(25)38-30)19-42(40,41)24-9-5-2-6-10-24/h1-18H,19H2,(H,36,38)(H,37,39). The van der Waals surface area contributed by atoms with Crippen molar-refractivity contribution in [3.63, 3.8) is 0 Å². The predicted octanol–water partition coefficient (Wildman–Crippen LogP) is 7.52. The van der Waals surface area contributed by atoms with E-state index in [1.807, 2.05) is 47.8 Å². The van der Waals surface area contributed by atoms with Gasteiger partial charge < -0.3 is 10.3 Å². The lowest BCUT2D eigenvalue weighted by Crippen LogP contribution is -2.29. The maximum absolute atomic E-state index is 13.1. The highest BCUT2D eigenvalue weighted by Gasteiger charge is 2.38. The van der Waals surface area contributed by atoms with Gasteiger partial charge in [0.1, 0.15) is 5.65 Å². The van der Waals surface area contributed by atoms with Crippen molar-refractivity contribution in [2.75, 3.05) is 5.32 Å². The number of aromatic amines is 1. The summed E-state index contributed by atoms with van der Waals surface area (Å²) in [4.78, 5) is 19.6. The van der Waals surface area contributed by atoms with Gasteiger partial charge in [0.05, 0.1) is 10.6 Å². The van der Waals surface area contributed by atoms with Gasteiger partial charge in [-0.1, -0.05) is 66.7 Å². The number of H-pyrrole nitrogens is 1. The lowest BCUT2D eigenvalue weighted by molar-refractivity contribution is -0.167. The molecule has 6 nitrogen and oxygen atoms in total. The van der Waals surface area contributed by atoms with E-state index in [4.69, 9.17) is 0 Å². The largest absolute Gasteiger partial charge is 0.471 e. The number of fused-ring (bicyclic) bond motifs is 3. The Morgan fingerprint density at radius 3 is 2.17 bits per heavy atom. The van der Waals surface area contributed by atoms with Gasteiger partial charge >= 0.3 is 12.1 Å². The minimum absolute atomic E-state index is 0.00716. The third kappa shape index (κ3) is 5.24. The highest BCUT2D eigenvalue weighted by Crippen LogP contribution is 2.41. The smallest absolute Gasteiger partial charge is 0.339 e. The van der Waals surface area contributed by atoms with Crippen molar-refractivity contribution in [1.82, 2.24) is 9.97 Å². The number of hydrogen-bond donors (Lipinski definition) is 2. The number of alkyl halides is 3. The molecule has 0 unspecified atom stereocenters. The Hall–Kier alpha value is -4.96. The highest BCUT2D eigenvalue weighted by atomic mass is 32.2. The van der Waals surface area contributed by atoms with Crippen molar-refractivity contribution in [1.29, 1.82) is 0 Å². The van der Waals surface area contributed by atoms with Crippen molar-refractivity contribution >= 4 is 43.4 Å². The van der Waals surface area contributed by atoms with Crippen LogP contribution in [0.3, 0.4) is 0 Å². The molecule has 0 spiro atoms. The van der Waals surface area contributed by atoms with Gasteiger partial charge in [-0.15, -0.1) is 0 Å². The van der Waals surface area contributed by atoms with Crippen LogP contribution in [0.5, 0.6) is 0 Å². The predicted molar refractivity (Wildman–Crippen MR) is 156 cm³/mol. The molecule has 10 heteroatoms. The van der Waals surface area contributed by atoms with Crippen LogP contribution >= 0.6 is 0 Å². The molecular formula is C32H22F3N3O3S. The minimum atomic E-state index is -5.00. The average molecular weight is 586 g/mol. The fourth-order valence-corrected chi connectivity index (χ4v) is 6.34. The molecule has 0 atom stereocenters. The van der Waals surface area contributed by atoms with E-state index in [1.165, 1.54) is 12.1 Å². The quantitative estimate of drug-likeness (QED) is 0.211. The maximum Gasteiger partial charge on any atom is 0.471 e. The minimum Gasteiger partial charge on any atom is -0.339 e. The van der Waals surface area contributed by atoms with Gasteiger partial charge in [0.15, 0.2) is 9.84 Å². The van der Waals surface area contributed by atoms with E-state index in [2.05, 4.69) is 9.97 Å². The van der Waals surface area contributed by atoms with E-state index in [0.29, 0.717) is 22.3 Å². The van der Waals surface area contributed by atoms with Crippen molar-refractivity contribution < 1.29 is 26.4 Å². The molecule has 6 aromatic rings. The Morgan fingerprint density at radius 1 is 0.833 bits per heavy atom. The van der Waals surface area contributed by atoms with E-state index in [0.717, 1.165) is 27.4 Å². The number of carbonyl (C=O) groups excluding carboxylic acids is 1. The number of benzene rings is 4. The third-order valence-corrected chi connectivity index (χ3v) is 8.62. The van der Waals surface area contributed by atoms with E-state index < -0.39 is 21.9 Å². The second-order valence-electron chi connectivity index (χ2n) is 9.74. The van der Waals surface area contributed by atoms with Gasteiger partial charge in [0.2, 0.25) is 0 Å².